The summed E-state index contributed by atoms with van der Waals surface area (Å²) in [6, 6.07) is 0. The molecule has 0 unspecified atom stereocenters. The summed E-state index contributed by atoms with van der Waals surface area (Å²) in [4.78, 5) is 10.0. The zero-order valence-corrected chi connectivity index (χ0v) is 4.18. The fourth-order valence-corrected chi connectivity index (χ4v) is 0.184. The number of hydrogen-bond donors (Lipinski definition) is 0. The lowest BCUT2D eigenvalue weighted by Gasteiger charge is -1.83. The zero-order chi connectivity index (χ0) is 5.70. The van der Waals surface area contributed by atoms with Crippen molar-refractivity contribution in [1.82, 2.24) is 0 Å². The molecule has 0 saturated carbocycles. The maximum atomic E-state index is 10.0. The number of carbonyl (C=O) groups is 1. The summed E-state index contributed by atoms with van der Waals surface area (Å²) >= 11 is 0. The molecule has 0 aliphatic carbocycles. The van der Waals surface area contributed by atoms with Crippen molar-refractivity contribution in [3.05, 3.63) is 19.3 Å². The largest absolute Gasteiger partial charge is 0.459 e. The molecule has 0 heterocycles. The predicted octanol–water partition coefficient (Wildman–Crippen LogP) is 0.897. The number of esters is 1. The van der Waals surface area contributed by atoms with Gasteiger partial charge in [0.05, 0.1) is 0 Å². The van der Waals surface area contributed by atoms with Crippen LogP contribution in [0.25, 0.3) is 0 Å². The van der Waals surface area contributed by atoms with E-state index < -0.39 is 5.97 Å². The normalized spacial score (nSPS) is 9.43. The van der Waals surface area contributed by atoms with Crippen LogP contribution in [0.5, 0.6) is 0 Å². The molecule has 0 saturated heterocycles. The van der Waals surface area contributed by atoms with Crippen LogP contribution in [0.3, 0.4) is 0 Å². The van der Waals surface area contributed by atoms with Gasteiger partial charge in [-0.2, -0.15) is 0 Å². The molecule has 0 fully saturated rings. The molecule has 0 atom stereocenters. The van der Waals surface area contributed by atoms with Gasteiger partial charge < -0.3 is 4.74 Å². The van der Waals surface area contributed by atoms with E-state index >= 15 is 0 Å². The Kier molecular flexibility index (Phi) is 3.02. The molecule has 0 aliphatic rings. The van der Waals surface area contributed by atoms with Crippen molar-refractivity contribution in [2.75, 3.05) is 0 Å². The summed E-state index contributed by atoms with van der Waals surface area (Å²) in [5, 5.41) is 0. The molecule has 0 N–H and O–H groups in total. The number of allylic oxidation sites excluding steroid dienone is 1. The van der Waals surface area contributed by atoms with Gasteiger partial charge in [-0.3, -0.25) is 0 Å². The van der Waals surface area contributed by atoms with Crippen LogP contribution < -0.4 is 0 Å². The first-order valence-corrected chi connectivity index (χ1v) is 1.90. The average Bonchev–Trinajstić information content (AvgIpc) is 1.68. The Labute approximate surface area is 42.8 Å². The fraction of sp³-hybridized carbons (Fsp3) is 0.200. The van der Waals surface area contributed by atoms with E-state index in [-0.39, 0.29) is 0 Å². The van der Waals surface area contributed by atoms with Gasteiger partial charge in [0.2, 0.25) is 0 Å². The van der Waals surface area contributed by atoms with E-state index in [0.717, 1.165) is 0 Å². The minimum Gasteiger partial charge on any atom is -0.459 e. The average molecular weight is 99.1 g/mol. The van der Waals surface area contributed by atoms with Crippen LogP contribution in [0.1, 0.15) is 6.92 Å². The van der Waals surface area contributed by atoms with Gasteiger partial charge in [0.15, 0.2) is 0 Å². The number of carbonyl (C=O) groups excluding carboxylic acids is 1. The van der Waals surface area contributed by atoms with Gasteiger partial charge >= 0.3 is 5.97 Å². The molecule has 0 rings (SSSR count). The van der Waals surface area contributed by atoms with E-state index in [9.17, 15) is 4.79 Å². The second-order valence-electron chi connectivity index (χ2n) is 0.963. The van der Waals surface area contributed by atoms with Crippen LogP contribution >= 0.6 is 0 Å². The Morgan fingerprint density at radius 3 is 2.57 bits per heavy atom. The third-order valence-electron chi connectivity index (χ3n) is 0.445. The Balaban J connectivity index is 3.37. The quantitative estimate of drug-likeness (QED) is 0.360. The first-order valence-electron chi connectivity index (χ1n) is 1.90. The molecule has 0 aromatic heterocycles. The molecule has 39 valence electrons. The van der Waals surface area contributed by atoms with Crippen LogP contribution in [0.2, 0.25) is 0 Å². The van der Waals surface area contributed by atoms with E-state index in [1.807, 2.05) is 0 Å². The highest BCUT2D eigenvalue weighted by Crippen LogP contribution is 1.75. The molecule has 0 aromatic carbocycles. The van der Waals surface area contributed by atoms with E-state index in [1.165, 1.54) is 6.08 Å². The molecule has 0 aliphatic heterocycles. The van der Waals surface area contributed by atoms with Gasteiger partial charge in [0.1, 0.15) is 7.11 Å². The second-order valence-corrected chi connectivity index (χ2v) is 0.963. The van der Waals surface area contributed by atoms with Gasteiger partial charge in [-0.25, -0.2) is 4.79 Å². The number of rotatable bonds is 1. The summed E-state index contributed by atoms with van der Waals surface area (Å²) in [6.07, 6.45) is 2.89. The van der Waals surface area contributed by atoms with Gasteiger partial charge in [-0.05, 0) is 6.92 Å². The fourth-order valence-electron chi connectivity index (χ4n) is 0.184. The molecule has 0 spiro atoms. The lowest BCUT2D eigenvalue weighted by Crippen LogP contribution is -1.90. The minimum absolute atomic E-state index is 0.414. The number of hydrogen-bond acceptors (Lipinski definition) is 2. The van der Waals surface area contributed by atoms with Crippen LogP contribution in [-0.4, -0.2) is 5.97 Å². The van der Waals surface area contributed by atoms with Crippen molar-refractivity contribution in [2.24, 2.45) is 0 Å². The molecule has 0 bridgehead atoms. The Morgan fingerprint density at radius 2 is 2.43 bits per heavy atom. The van der Waals surface area contributed by atoms with Crippen molar-refractivity contribution in [3.8, 4) is 0 Å². The van der Waals surface area contributed by atoms with E-state index in [1.54, 1.807) is 13.0 Å². The summed E-state index contributed by atoms with van der Waals surface area (Å²) in [5.41, 5.74) is 0. The van der Waals surface area contributed by atoms with Gasteiger partial charge in [-0.15, -0.1) is 0 Å². The summed E-state index contributed by atoms with van der Waals surface area (Å²) < 4.78 is 4.01. The van der Waals surface area contributed by atoms with Crippen LogP contribution in [0.15, 0.2) is 12.2 Å². The van der Waals surface area contributed by atoms with Crippen molar-refractivity contribution in [2.45, 2.75) is 6.92 Å². The zero-order valence-electron chi connectivity index (χ0n) is 4.18. The van der Waals surface area contributed by atoms with Crippen molar-refractivity contribution in [3.63, 3.8) is 0 Å². The van der Waals surface area contributed by atoms with Crippen molar-refractivity contribution in [1.29, 1.82) is 0 Å². The van der Waals surface area contributed by atoms with Gasteiger partial charge in [0.25, 0.3) is 0 Å². The minimum atomic E-state index is -0.414. The first kappa shape index (κ1) is 6.21. The monoisotopic (exact) mass is 99.0 g/mol. The summed E-state index contributed by atoms with van der Waals surface area (Å²) in [5.74, 6) is -0.414. The Morgan fingerprint density at radius 1 is 1.86 bits per heavy atom. The van der Waals surface area contributed by atoms with Crippen LogP contribution in [0.4, 0.5) is 0 Å². The highest BCUT2D eigenvalue weighted by atomic mass is 16.5. The lowest BCUT2D eigenvalue weighted by molar-refractivity contribution is -0.132. The molecule has 2 nitrogen and oxygen atoms in total. The Bertz CT molecular complexity index is 84.1. The van der Waals surface area contributed by atoms with Crippen LogP contribution in [-0.2, 0) is 9.53 Å². The first-order chi connectivity index (χ1) is 3.31. The van der Waals surface area contributed by atoms with Gasteiger partial charge in [0, 0.05) is 6.08 Å². The standard InChI is InChI=1S/C5H7O2/c1-3-4-5(6)7-2/h3-4H,2H2,1H3/b4-3+. The van der Waals surface area contributed by atoms with E-state index in [0.29, 0.717) is 0 Å². The highest BCUT2D eigenvalue weighted by Gasteiger charge is 1.84. The molecule has 2 heteroatoms. The second kappa shape index (κ2) is 3.40. The van der Waals surface area contributed by atoms with E-state index in [4.69, 9.17) is 0 Å². The molecule has 0 amide bonds. The number of ether oxygens (including phenoxy) is 1. The Hall–Kier alpha value is -0.790. The molecular weight excluding hydrogens is 92.1 g/mol. The highest BCUT2D eigenvalue weighted by molar-refractivity contribution is 5.81. The molecular formula is C5H7O2. The maximum Gasteiger partial charge on any atom is 0.330 e. The maximum absolute atomic E-state index is 10.0. The van der Waals surface area contributed by atoms with Crippen LogP contribution in [0, 0.1) is 7.11 Å². The summed E-state index contributed by atoms with van der Waals surface area (Å²) in [6.45, 7) is 1.73. The molecule has 0 aromatic rings. The summed E-state index contributed by atoms with van der Waals surface area (Å²) in [7, 11) is 2.90. The third-order valence-corrected chi connectivity index (χ3v) is 0.445. The van der Waals surface area contributed by atoms with Crippen molar-refractivity contribution < 1.29 is 9.53 Å². The van der Waals surface area contributed by atoms with E-state index in [2.05, 4.69) is 11.8 Å². The topological polar surface area (TPSA) is 26.3 Å². The smallest absolute Gasteiger partial charge is 0.330 e. The van der Waals surface area contributed by atoms with Gasteiger partial charge in [-0.1, -0.05) is 6.08 Å². The van der Waals surface area contributed by atoms with Crippen molar-refractivity contribution >= 4 is 5.97 Å². The predicted molar refractivity (Wildman–Crippen MR) is 26.3 cm³/mol. The molecule has 1 radical (unpaired) electrons. The molecule has 7 heavy (non-hydrogen) atoms. The SMILES string of the molecule is [CH2]OC(=O)/C=C/C. The third kappa shape index (κ3) is 3.03. The lowest BCUT2D eigenvalue weighted by atomic mass is 10.5.